The zero-order valence-corrected chi connectivity index (χ0v) is 12.4. The lowest BCUT2D eigenvalue weighted by Gasteiger charge is -2.14. The lowest BCUT2D eigenvalue weighted by molar-refractivity contribution is -0.140. The number of amides is 2. The number of ether oxygens (including phenoxy) is 1. The van der Waals surface area contributed by atoms with Gasteiger partial charge in [-0.1, -0.05) is 25.5 Å². The highest BCUT2D eigenvalue weighted by molar-refractivity contribution is 5.92. The summed E-state index contributed by atoms with van der Waals surface area (Å²) in [5, 5.41) is 13.9. The van der Waals surface area contributed by atoms with Crippen LogP contribution in [0.15, 0.2) is 24.3 Å². The van der Waals surface area contributed by atoms with Crippen molar-refractivity contribution in [2.45, 2.75) is 32.2 Å². The van der Waals surface area contributed by atoms with Crippen molar-refractivity contribution in [3.63, 3.8) is 0 Å². The predicted molar refractivity (Wildman–Crippen MR) is 80.5 cm³/mol. The summed E-state index contributed by atoms with van der Waals surface area (Å²) in [7, 11) is 1.38. The third-order valence-electron chi connectivity index (χ3n) is 2.97. The average Bonchev–Trinajstić information content (AvgIpc) is 2.46. The third kappa shape index (κ3) is 6.27. The fraction of sp³-hybridized carbons (Fsp3) is 0.467. The summed E-state index contributed by atoms with van der Waals surface area (Å²) >= 11 is 0. The number of anilines is 1. The Hall–Kier alpha value is -2.08. The van der Waals surface area contributed by atoms with Gasteiger partial charge in [0.25, 0.3) is 0 Å². The number of carbonyl (C=O) groups is 2. The number of urea groups is 1. The SMILES string of the molecule is CCCCc1ccc(NC(=O)NC(COC)C(=O)O)cc1. The Kier molecular flexibility index (Phi) is 7.25. The van der Waals surface area contributed by atoms with Crippen molar-refractivity contribution >= 4 is 17.7 Å². The molecule has 0 aromatic heterocycles. The van der Waals surface area contributed by atoms with Gasteiger partial charge in [-0.05, 0) is 30.5 Å². The molecule has 0 fully saturated rings. The van der Waals surface area contributed by atoms with Gasteiger partial charge >= 0.3 is 12.0 Å². The van der Waals surface area contributed by atoms with Crippen molar-refractivity contribution in [2.24, 2.45) is 0 Å². The van der Waals surface area contributed by atoms with E-state index in [1.165, 1.54) is 12.7 Å². The molecule has 0 saturated carbocycles. The Bertz CT molecular complexity index is 459. The van der Waals surface area contributed by atoms with Crippen LogP contribution in [0.1, 0.15) is 25.3 Å². The number of carbonyl (C=O) groups excluding carboxylic acids is 1. The number of carboxylic acids is 1. The molecule has 6 heteroatoms. The Labute approximate surface area is 124 Å². The van der Waals surface area contributed by atoms with Crippen molar-refractivity contribution < 1.29 is 19.4 Å². The number of hydrogen-bond acceptors (Lipinski definition) is 3. The molecule has 0 radical (unpaired) electrons. The van der Waals surface area contributed by atoms with Gasteiger partial charge in [0.2, 0.25) is 0 Å². The van der Waals surface area contributed by atoms with E-state index in [1.54, 1.807) is 12.1 Å². The minimum atomic E-state index is -1.14. The van der Waals surface area contributed by atoms with Crippen molar-refractivity contribution in [3.8, 4) is 0 Å². The highest BCUT2D eigenvalue weighted by Crippen LogP contribution is 2.11. The van der Waals surface area contributed by atoms with Crippen LogP contribution in [0.4, 0.5) is 10.5 Å². The molecule has 0 heterocycles. The molecule has 1 unspecified atom stereocenters. The van der Waals surface area contributed by atoms with Crippen LogP contribution in [-0.4, -0.2) is 36.9 Å². The van der Waals surface area contributed by atoms with E-state index in [1.807, 2.05) is 12.1 Å². The van der Waals surface area contributed by atoms with Crippen molar-refractivity contribution in [2.75, 3.05) is 19.0 Å². The highest BCUT2D eigenvalue weighted by Gasteiger charge is 2.19. The van der Waals surface area contributed by atoms with E-state index in [2.05, 4.69) is 17.6 Å². The smallest absolute Gasteiger partial charge is 0.328 e. The highest BCUT2D eigenvalue weighted by atomic mass is 16.5. The lowest BCUT2D eigenvalue weighted by atomic mass is 10.1. The summed E-state index contributed by atoms with van der Waals surface area (Å²) in [5.74, 6) is -1.14. The van der Waals surface area contributed by atoms with E-state index in [4.69, 9.17) is 9.84 Å². The van der Waals surface area contributed by atoms with E-state index in [-0.39, 0.29) is 6.61 Å². The van der Waals surface area contributed by atoms with E-state index >= 15 is 0 Å². The first-order chi connectivity index (χ1) is 10.1. The largest absolute Gasteiger partial charge is 0.480 e. The Morgan fingerprint density at radius 2 is 1.95 bits per heavy atom. The van der Waals surface area contributed by atoms with E-state index < -0.39 is 18.0 Å². The summed E-state index contributed by atoms with van der Waals surface area (Å²) in [6.07, 6.45) is 3.28. The molecule has 1 rings (SSSR count). The number of rotatable bonds is 8. The fourth-order valence-corrected chi connectivity index (χ4v) is 1.80. The van der Waals surface area contributed by atoms with Gasteiger partial charge in [-0.3, -0.25) is 0 Å². The molecular weight excluding hydrogens is 272 g/mol. The number of aryl methyl sites for hydroxylation is 1. The van der Waals surface area contributed by atoms with Crippen LogP contribution in [0.2, 0.25) is 0 Å². The molecule has 3 N–H and O–H groups in total. The van der Waals surface area contributed by atoms with Crippen LogP contribution in [0.25, 0.3) is 0 Å². The Balaban J connectivity index is 2.52. The number of nitrogens with one attached hydrogen (secondary N) is 2. The number of carboxylic acid groups (broad SMARTS) is 1. The average molecular weight is 294 g/mol. The zero-order chi connectivity index (χ0) is 15.7. The molecule has 0 saturated heterocycles. The summed E-state index contributed by atoms with van der Waals surface area (Å²) in [6.45, 7) is 2.05. The van der Waals surface area contributed by atoms with Crippen LogP contribution in [0, 0.1) is 0 Å². The van der Waals surface area contributed by atoms with Gasteiger partial charge in [0.05, 0.1) is 6.61 Å². The van der Waals surface area contributed by atoms with Gasteiger partial charge in [-0.2, -0.15) is 0 Å². The lowest BCUT2D eigenvalue weighted by Crippen LogP contribution is -2.45. The van der Waals surface area contributed by atoms with Gasteiger partial charge in [-0.15, -0.1) is 0 Å². The molecule has 0 aliphatic heterocycles. The van der Waals surface area contributed by atoms with Crippen molar-refractivity contribution in [1.29, 1.82) is 0 Å². The van der Waals surface area contributed by atoms with E-state index in [0.29, 0.717) is 5.69 Å². The molecule has 1 aromatic carbocycles. The molecule has 0 aliphatic carbocycles. The molecule has 1 atom stereocenters. The first-order valence-electron chi connectivity index (χ1n) is 6.95. The Morgan fingerprint density at radius 1 is 1.29 bits per heavy atom. The molecule has 0 aliphatic rings. The topological polar surface area (TPSA) is 87.7 Å². The first kappa shape index (κ1) is 17.0. The quantitative estimate of drug-likeness (QED) is 0.686. The molecule has 2 amide bonds. The minimum absolute atomic E-state index is 0.0846. The molecule has 116 valence electrons. The number of hydrogen-bond donors (Lipinski definition) is 3. The van der Waals surface area contributed by atoms with Gasteiger partial charge in [0.1, 0.15) is 0 Å². The zero-order valence-electron chi connectivity index (χ0n) is 12.4. The van der Waals surface area contributed by atoms with Crippen LogP contribution < -0.4 is 10.6 Å². The summed E-state index contributed by atoms with van der Waals surface area (Å²) in [4.78, 5) is 22.6. The van der Waals surface area contributed by atoms with Gasteiger partial charge in [0, 0.05) is 12.8 Å². The summed E-state index contributed by atoms with van der Waals surface area (Å²) < 4.78 is 4.75. The molecule has 0 bridgehead atoms. The van der Waals surface area contributed by atoms with Gasteiger partial charge in [-0.25, -0.2) is 9.59 Å². The standard InChI is InChI=1S/C15H22N2O4/c1-3-4-5-11-6-8-12(9-7-11)16-15(20)17-13(10-21-2)14(18)19/h6-9,13H,3-5,10H2,1-2H3,(H,18,19)(H2,16,17,20). The van der Waals surface area contributed by atoms with Gasteiger partial charge in [0.15, 0.2) is 6.04 Å². The van der Waals surface area contributed by atoms with E-state index in [0.717, 1.165) is 19.3 Å². The number of methoxy groups -OCH3 is 1. The first-order valence-corrected chi connectivity index (χ1v) is 6.95. The van der Waals surface area contributed by atoms with Crippen molar-refractivity contribution in [1.82, 2.24) is 5.32 Å². The second-order valence-electron chi connectivity index (χ2n) is 4.75. The third-order valence-corrected chi connectivity index (χ3v) is 2.97. The maximum absolute atomic E-state index is 11.7. The van der Waals surface area contributed by atoms with Crippen molar-refractivity contribution in [3.05, 3.63) is 29.8 Å². The predicted octanol–water partition coefficient (Wildman–Crippen LogP) is 2.25. The molecule has 0 spiro atoms. The number of aliphatic carboxylic acids is 1. The van der Waals surface area contributed by atoms with E-state index in [9.17, 15) is 9.59 Å². The Morgan fingerprint density at radius 3 is 2.48 bits per heavy atom. The molecule has 6 nitrogen and oxygen atoms in total. The van der Waals surface area contributed by atoms with Crippen LogP contribution >= 0.6 is 0 Å². The molecule has 1 aromatic rings. The maximum atomic E-state index is 11.7. The summed E-state index contributed by atoms with van der Waals surface area (Å²) in [5.41, 5.74) is 1.83. The van der Waals surface area contributed by atoms with Crippen LogP contribution in [-0.2, 0) is 16.0 Å². The monoisotopic (exact) mass is 294 g/mol. The minimum Gasteiger partial charge on any atom is -0.480 e. The fourth-order valence-electron chi connectivity index (χ4n) is 1.80. The maximum Gasteiger partial charge on any atom is 0.328 e. The van der Waals surface area contributed by atoms with Gasteiger partial charge < -0.3 is 20.5 Å². The molecular formula is C15H22N2O4. The second kappa shape index (κ2) is 8.97. The van der Waals surface area contributed by atoms with Crippen LogP contribution in [0.3, 0.4) is 0 Å². The normalized spacial score (nSPS) is 11.7. The summed E-state index contributed by atoms with van der Waals surface area (Å²) in [6, 6.07) is 5.87. The molecule has 21 heavy (non-hydrogen) atoms. The van der Waals surface area contributed by atoms with Crippen LogP contribution in [0.5, 0.6) is 0 Å². The second-order valence-corrected chi connectivity index (χ2v) is 4.75. The number of benzene rings is 1. The number of unbranched alkanes of at least 4 members (excludes halogenated alkanes) is 1.